The Morgan fingerprint density at radius 3 is 1.72 bits per heavy atom. The molecule has 0 aliphatic heterocycles. The third-order valence-electron chi connectivity index (χ3n) is 7.43. The van der Waals surface area contributed by atoms with Crippen LogP contribution in [0.3, 0.4) is 0 Å². The average molecular weight is 521 g/mol. The van der Waals surface area contributed by atoms with Gasteiger partial charge in [-0.3, -0.25) is 9.69 Å². The Morgan fingerprint density at radius 1 is 0.718 bits per heavy atom. The molecule has 2 amide bonds. The summed E-state index contributed by atoms with van der Waals surface area (Å²) in [5.74, 6) is -0.617. The van der Waals surface area contributed by atoms with E-state index >= 15 is 0 Å². The largest absolute Gasteiger partial charge is 0.465 e. The summed E-state index contributed by atoms with van der Waals surface area (Å²) in [4.78, 5) is 27.8. The molecule has 0 heterocycles. The molecule has 4 aromatic rings. The van der Waals surface area contributed by atoms with Crippen LogP contribution in [0.2, 0.25) is 0 Å². The Balaban J connectivity index is 1.45. The second-order valence-electron chi connectivity index (χ2n) is 9.95. The number of carbonyl (C=O) groups excluding carboxylic acids is 1. The van der Waals surface area contributed by atoms with Crippen molar-refractivity contribution in [3.63, 3.8) is 0 Å². The lowest BCUT2D eigenvalue weighted by molar-refractivity contribution is -0.127. The Labute approximate surface area is 228 Å². The SMILES string of the molecule is O=C(N[C@@H](CO)Cc1ccccc1)[C@H](Cc1ccccc1)N(CC1c2ccccc2-c2ccccc21)C(=O)O. The highest BCUT2D eigenvalue weighted by Crippen LogP contribution is 2.45. The van der Waals surface area contributed by atoms with E-state index in [1.54, 1.807) is 0 Å². The number of nitrogens with one attached hydrogen (secondary N) is 1. The lowest BCUT2D eigenvalue weighted by Gasteiger charge is -2.32. The number of aliphatic hydroxyl groups excluding tert-OH is 1. The minimum Gasteiger partial charge on any atom is -0.465 e. The number of hydrogen-bond acceptors (Lipinski definition) is 3. The topological polar surface area (TPSA) is 89.9 Å². The molecule has 0 unspecified atom stereocenters. The normalized spacial score (nSPS) is 13.7. The van der Waals surface area contributed by atoms with Gasteiger partial charge in [-0.2, -0.15) is 0 Å². The van der Waals surface area contributed by atoms with Gasteiger partial charge in [0.1, 0.15) is 6.04 Å². The third kappa shape index (κ3) is 5.86. The monoisotopic (exact) mass is 520 g/mol. The molecule has 0 fully saturated rings. The molecule has 1 aliphatic rings. The first kappa shape index (κ1) is 26.2. The van der Waals surface area contributed by atoms with E-state index in [0.717, 1.165) is 33.4 Å². The Morgan fingerprint density at radius 2 is 1.21 bits per heavy atom. The predicted octanol–water partition coefficient (Wildman–Crippen LogP) is 5.11. The zero-order chi connectivity index (χ0) is 27.2. The van der Waals surface area contributed by atoms with E-state index in [1.165, 1.54) is 4.90 Å². The molecule has 0 spiro atoms. The van der Waals surface area contributed by atoms with Gasteiger partial charge in [-0.05, 0) is 39.8 Å². The Bertz CT molecular complexity index is 1380. The number of carbonyl (C=O) groups is 2. The van der Waals surface area contributed by atoms with Gasteiger partial charge < -0.3 is 15.5 Å². The molecule has 1 aliphatic carbocycles. The number of benzene rings is 4. The van der Waals surface area contributed by atoms with Crippen molar-refractivity contribution in [1.29, 1.82) is 0 Å². The van der Waals surface area contributed by atoms with Crippen molar-refractivity contribution in [2.24, 2.45) is 0 Å². The lowest BCUT2D eigenvalue weighted by atomic mass is 9.94. The summed E-state index contributed by atoms with van der Waals surface area (Å²) in [7, 11) is 0. The number of hydrogen-bond donors (Lipinski definition) is 3. The number of rotatable bonds is 10. The van der Waals surface area contributed by atoms with E-state index in [9.17, 15) is 19.8 Å². The van der Waals surface area contributed by atoms with Crippen molar-refractivity contribution < 1.29 is 19.8 Å². The molecule has 198 valence electrons. The van der Waals surface area contributed by atoms with Gasteiger partial charge in [0.15, 0.2) is 0 Å². The summed E-state index contributed by atoms with van der Waals surface area (Å²) in [6, 6.07) is 33.6. The molecule has 0 aromatic heterocycles. The maximum Gasteiger partial charge on any atom is 0.408 e. The van der Waals surface area contributed by atoms with Crippen LogP contribution in [-0.4, -0.2) is 52.3 Å². The maximum absolute atomic E-state index is 13.8. The number of carboxylic acid groups (broad SMARTS) is 1. The van der Waals surface area contributed by atoms with Crippen LogP contribution in [-0.2, 0) is 17.6 Å². The molecule has 0 bridgehead atoms. The smallest absolute Gasteiger partial charge is 0.408 e. The highest BCUT2D eigenvalue weighted by Gasteiger charge is 2.36. The quantitative estimate of drug-likeness (QED) is 0.271. The Hall–Kier alpha value is -4.42. The van der Waals surface area contributed by atoms with Crippen molar-refractivity contribution in [2.45, 2.75) is 30.8 Å². The van der Waals surface area contributed by atoms with Gasteiger partial charge in [-0.25, -0.2) is 4.79 Å². The summed E-state index contributed by atoms with van der Waals surface area (Å²) < 4.78 is 0. The minimum absolute atomic E-state index is 0.136. The van der Waals surface area contributed by atoms with Crippen LogP contribution < -0.4 is 5.32 Å². The summed E-state index contributed by atoms with van der Waals surface area (Å²) in [5.41, 5.74) is 6.14. The third-order valence-corrected chi connectivity index (χ3v) is 7.43. The van der Waals surface area contributed by atoms with E-state index < -0.39 is 24.1 Å². The second-order valence-corrected chi connectivity index (χ2v) is 9.95. The first-order valence-corrected chi connectivity index (χ1v) is 13.2. The molecule has 4 aromatic carbocycles. The van der Waals surface area contributed by atoms with Crippen LogP contribution in [0.15, 0.2) is 109 Å². The number of amides is 2. The fourth-order valence-corrected chi connectivity index (χ4v) is 5.53. The molecule has 5 rings (SSSR count). The highest BCUT2D eigenvalue weighted by atomic mass is 16.4. The van der Waals surface area contributed by atoms with Crippen LogP contribution >= 0.6 is 0 Å². The first-order valence-electron chi connectivity index (χ1n) is 13.2. The predicted molar refractivity (Wildman–Crippen MR) is 152 cm³/mol. The van der Waals surface area contributed by atoms with Gasteiger partial charge in [0.2, 0.25) is 5.91 Å². The van der Waals surface area contributed by atoms with Crippen LogP contribution in [0.1, 0.15) is 28.2 Å². The zero-order valence-corrected chi connectivity index (χ0v) is 21.6. The summed E-state index contributed by atoms with van der Waals surface area (Å²) >= 11 is 0. The number of nitrogens with zero attached hydrogens (tertiary/aromatic N) is 1. The average Bonchev–Trinajstić information content (AvgIpc) is 3.29. The molecular formula is C33H32N2O4. The van der Waals surface area contributed by atoms with Crippen molar-refractivity contribution in [1.82, 2.24) is 10.2 Å². The molecule has 39 heavy (non-hydrogen) atoms. The van der Waals surface area contributed by atoms with E-state index in [0.29, 0.717) is 6.42 Å². The van der Waals surface area contributed by atoms with Gasteiger partial charge in [0.05, 0.1) is 12.6 Å². The lowest BCUT2D eigenvalue weighted by Crippen LogP contribution is -2.54. The molecular weight excluding hydrogens is 488 g/mol. The van der Waals surface area contributed by atoms with Gasteiger partial charge in [0, 0.05) is 18.9 Å². The fraction of sp³-hybridized carbons (Fsp3) is 0.212. The van der Waals surface area contributed by atoms with Crippen molar-refractivity contribution in [3.8, 4) is 11.1 Å². The van der Waals surface area contributed by atoms with E-state index in [1.807, 2.05) is 97.1 Å². The van der Waals surface area contributed by atoms with Gasteiger partial charge in [-0.15, -0.1) is 0 Å². The van der Waals surface area contributed by atoms with Crippen LogP contribution in [0.25, 0.3) is 11.1 Å². The zero-order valence-electron chi connectivity index (χ0n) is 21.6. The molecule has 6 heteroatoms. The Kier molecular flexibility index (Phi) is 8.04. The van der Waals surface area contributed by atoms with Crippen LogP contribution in [0.5, 0.6) is 0 Å². The van der Waals surface area contributed by atoms with Crippen LogP contribution in [0, 0.1) is 0 Å². The molecule has 6 nitrogen and oxygen atoms in total. The van der Waals surface area contributed by atoms with E-state index in [4.69, 9.17) is 0 Å². The molecule has 2 atom stereocenters. The summed E-state index contributed by atoms with van der Waals surface area (Å²) in [5, 5.41) is 23.4. The fourth-order valence-electron chi connectivity index (χ4n) is 5.53. The number of fused-ring (bicyclic) bond motifs is 3. The van der Waals surface area contributed by atoms with Crippen molar-refractivity contribution in [3.05, 3.63) is 131 Å². The van der Waals surface area contributed by atoms with Gasteiger partial charge >= 0.3 is 6.09 Å². The summed E-state index contributed by atoms with van der Waals surface area (Å²) in [6.07, 6.45) is -0.493. The van der Waals surface area contributed by atoms with E-state index in [-0.39, 0.29) is 25.5 Å². The maximum atomic E-state index is 13.8. The second kappa shape index (κ2) is 12.0. The van der Waals surface area contributed by atoms with Crippen molar-refractivity contribution >= 4 is 12.0 Å². The number of aliphatic hydroxyl groups is 1. The van der Waals surface area contributed by atoms with Crippen molar-refractivity contribution in [2.75, 3.05) is 13.2 Å². The molecule has 0 radical (unpaired) electrons. The first-order chi connectivity index (χ1) is 19.0. The van der Waals surface area contributed by atoms with Gasteiger partial charge in [-0.1, -0.05) is 109 Å². The standard InChI is InChI=1S/C33H32N2O4/c36-22-25(19-23-11-3-1-4-12-23)34-32(37)31(20-24-13-5-2-6-14-24)35(33(38)39)21-30-28-17-9-7-15-26(28)27-16-8-10-18-29(27)30/h1-18,25,30-31,36H,19-22H2,(H,34,37)(H,38,39)/t25-,31+/m1/s1. The van der Waals surface area contributed by atoms with E-state index in [2.05, 4.69) is 17.4 Å². The minimum atomic E-state index is -1.16. The molecule has 3 N–H and O–H groups in total. The molecule has 0 saturated carbocycles. The van der Waals surface area contributed by atoms with Gasteiger partial charge in [0.25, 0.3) is 0 Å². The highest BCUT2D eigenvalue weighted by molar-refractivity contribution is 5.86. The van der Waals surface area contributed by atoms with Crippen LogP contribution in [0.4, 0.5) is 4.79 Å². The summed E-state index contributed by atoms with van der Waals surface area (Å²) in [6.45, 7) is -0.119. The molecule has 0 saturated heterocycles.